The van der Waals surface area contributed by atoms with Crippen LogP contribution in [0.2, 0.25) is 0 Å². The van der Waals surface area contributed by atoms with Crippen LogP contribution in [0.4, 0.5) is 0 Å². The highest BCUT2D eigenvalue weighted by Gasteiger charge is 2.43. The maximum atomic E-state index is 12.0. The van der Waals surface area contributed by atoms with Crippen molar-refractivity contribution in [3.8, 4) is 0 Å². The molecule has 0 aliphatic carbocycles. The minimum atomic E-state index is -1.08. The number of carboxylic acid groups (broad SMARTS) is 1. The number of carbonyl (C=O) groups excluding carboxylic acids is 1. The number of hydrogen-bond acceptors (Lipinski definition) is 3. The van der Waals surface area contributed by atoms with E-state index < -0.39 is 11.5 Å². The van der Waals surface area contributed by atoms with Gasteiger partial charge in [0.25, 0.3) is 0 Å². The highest BCUT2D eigenvalue weighted by Crippen LogP contribution is 2.28. The van der Waals surface area contributed by atoms with E-state index in [9.17, 15) is 14.7 Å². The number of aliphatic carboxylic acids is 1. The third-order valence-electron chi connectivity index (χ3n) is 3.30. The summed E-state index contributed by atoms with van der Waals surface area (Å²) in [7, 11) is 0. The Morgan fingerprint density at radius 2 is 2.05 bits per heavy atom. The summed E-state index contributed by atoms with van der Waals surface area (Å²) in [6.07, 6.45) is 0.715. The molecule has 1 fully saturated rings. The minimum absolute atomic E-state index is 0.222. The maximum Gasteiger partial charge on any atom is 0.330 e. The number of aryl methyl sites for hydroxylation is 1. The maximum absolute atomic E-state index is 12.0. The molecular formula is C14H17NO3S. The predicted molar refractivity (Wildman–Crippen MR) is 75.3 cm³/mol. The molecule has 5 heteroatoms. The number of amides is 1. The van der Waals surface area contributed by atoms with Gasteiger partial charge in [-0.05, 0) is 24.7 Å². The standard InChI is InChI=1S/C14H17NO3S/c1-10-2-4-11(5-3-10)8-12(16)15-14(13(17)18)6-7-19-9-14/h2-5H,6-9H2,1H3,(H,15,16)(H,17,18)/t14-/m1/s1. The highest BCUT2D eigenvalue weighted by atomic mass is 32.2. The third-order valence-corrected chi connectivity index (χ3v) is 4.48. The van der Waals surface area contributed by atoms with E-state index in [1.165, 1.54) is 0 Å². The van der Waals surface area contributed by atoms with Gasteiger partial charge in [0, 0.05) is 5.75 Å². The lowest BCUT2D eigenvalue weighted by molar-refractivity contribution is -0.146. The van der Waals surface area contributed by atoms with Crippen LogP contribution in [0.1, 0.15) is 17.5 Å². The van der Waals surface area contributed by atoms with Gasteiger partial charge in [-0.1, -0.05) is 29.8 Å². The summed E-state index contributed by atoms with van der Waals surface area (Å²) in [5, 5.41) is 12.0. The van der Waals surface area contributed by atoms with Crippen LogP contribution in [0.3, 0.4) is 0 Å². The van der Waals surface area contributed by atoms with Gasteiger partial charge in [-0.15, -0.1) is 0 Å². The van der Waals surface area contributed by atoms with Crippen LogP contribution < -0.4 is 5.32 Å². The first-order valence-corrected chi connectivity index (χ1v) is 7.35. The molecule has 1 atom stereocenters. The average molecular weight is 279 g/mol. The van der Waals surface area contributed by atoms with Crippen molar-refractivity contribution < 1.29 is 14.7 Å². The van der Waals surface area contributed by atoms with E-state index in [4.69, 9.17) is 0 Å². The normalized spacial score (nSPS) is 22.2. The van der Waals surface area contributed by atoms with Gasteiger partial charge < -0.3 is 10.4 Å². The molecule has 1 aliphatic rings. The summed E-state index contributed by atoms with van der Waals surface area (Å²) in [5.74, 6) is 0.0579. The molecule has 1 aromatic carbocycles. The minimum Gasteiger partial charge on any atom is -0.479 e. The molecule has 1 saturated heterocycles. The highest BCUT2D eigenvalue weighted by molar-refractivity contribution is 7.99. The number of benzene rings is 1. The van der Waals surface area contributed by atoms with Gasteiger partial charge in [-0.3, -0.25) is 4.79 Å². The molecule has 4 nitrogen and oxygen atoms in total. The lowest BCUT2D eigenvalue weighted by atomic mass is 9.98. The van der Waals surface area contributed by atoms with Crippen molar-refractivity contribution in [3.05, 3.63) is 35.4 Å². The van der Waals surface area contributed by atoms with Gasteiger partial charge in [0.15, 0.2) is 0 Å². The fraction of sp³-hybridized carbons (Fsp3) is 0.429. The van der Waals surface area contributed by atoms with Gasteiger partial charge in [0.2, 0.25) is 5.91 Å². The van der Waals surface area contributed by atoms with Crippen molar-refractivity contribution in [1.29, 1.82) is 0 Å². The van der Waals surface area contributed by atoms with Gasteiger partial charge in [-0.25, -0.2) is 4.79 Å². The Balaban J connectivity index is 2.00. The number of carboxylic acids is 1. The Bertz CT molecular complexity index is 478. The molecule has 1 heterocycles. The quantitative estimate of drug-likeness (QED) is 0.879. The molecule has 1 aliphatic heterocycles. The van der Waals surface area contributed by atoms with Gasteiger partial charge >= 0.3 is 5.97 Å². The number of nitrogens with one attached hydrogen (secondary N) is 1. The van der Waals surface area contributed by atoms with E-state index in [0.29, 0.717) is 12.2 Å². The van der Waals surface area contributed by atoms with Crippen LogP contribution in [-0.2, 0) is 16.0 Å². The molecule has 0 bridgehead atoms. The summed E-state index contributed by atoms with van der Waals surface area (Å²) < 4.78 is 0. The van der Waals surface area contributed by atoms with E-state index in [1.54, 1.807) is 11.8 Å². The Labute approximate surface area is 116 Å². The largest absolute Gasteiger partial charge is 0.479 e. The number of carbonyl (C=O) groups is 2. The van der Waals surface area contributed by atoms with Gasteiger partial charge in [0.1, 0.15) is 5.54 Å². The number of rotatable bonds is 4. The van der Waals surface area contributed by atoms with E-state index in [-0.39, 0.29) is 12.3 Å². The molecule has 19 heavy (non-hydrogen) atoms. The lowest BCUT2D eigenvalue weighted by Gasteiger charge is -2.24. The second-order valence-corrected chi connectivity index (χ2v) is 6.01. The smallest absolute Gasteiger partial charge is 0.330 e. The number of hydrogen-bond donors (Lipinski definition) is 2. The average Bonchev–Trinajstić information content (AvgIpc) is 2.82. The third kappa shape index (κ3) is 3.29. The Kier molecular flexibility index (Phi) is 4.14. The molecule has 2 rings (SSSR count). The molecule has 0 radical (unpaired) electrons. The van der Waals surface area contributed by atoms with Crippen molar-refractivity contribution in [2.45, 2.75) is 25.3 Å². The van der Waals surface area contributed by atoms with Crippen LogP contribution >= 0.6 is 11.8 Å². The van der Waals surface area contributed by atoms with Crippen molar-refractivity contribution in [1.82, 2.24) is 5.32 Å². The molecule has 1 amide bonds. The summed E-state index contributed by atoms with van der Waals surface area (Å²) in [5.41, 5.74) is 0.958. The lowest BCUT2D eigenvalue weighted by Crippen LogP contribution is -2.55. The summed E-state index contributed by atoms with van der Waals surface area (Å²) in [6.45, 7) is 1.99. The van der Waals surface area contributed by atoms with E-state index in [2.05, 4.69) is 5.32 Å². The van der Waals surface area contributed by atoms with Gasteiger partial charge in [0.05, 0.1) is 6.42 Å². The zero-order valence-electron chi connectivity index (χ0n) is 10.8. The number of thioether (sulfide) groups is 1. The van der Waals surface area contributed by atoms with Crippen molar-refractivity contribution in [2.75, 3.05) is 11.5 Å². The van der Waals surface area contributed by atoms with E-state index in [1.807, 2.05) is 31.2 Å². The monoisotopic (exact) mass is 279 g/mol. The zero-order valence-corrected chi connectivity index (χ0v) is 11.6. The van der Waals surface area contributed by atoms with Crippen LogP contribution in [0.15, 0.2) is 24.3 Å². The SMILES string of the molecule is Cc1ccc(CC(=O)N[C@]2(C(=O)O)CCSC2)cc1. The first-order chi connectivity index (χ1) is 9.02. The fourth-order valence-electron chi connectivity index (χ4n) is 2.09. The van der Waals surface area contributed by atoms with E-state index in [0.717, 1.165) is 16.9 Å². The fourth-order valence-corrected chi connectivity index (χ4v) is 3.41. The van der Waals surface area contributed by atoms with Crippen LogP contribution in [0.5, 0.6) is 0 Å². The molecule has 0 spiro atoms. The first kappa shape index (κ1) is 13.9. The molecule has 0 aromatic heterocycles. The van der Waals surface area contributed by atoms with E-state index >= 15 is 0 Å². The summed E-state index contributed by atoms with van der Waals surface area (Å²) in [4.78, 5) is 23.3. The van der Waals surface area contributed by atoms with Crippen molar-refractivity contribution >= 4 is 23.6 Å². The Morgan fingerprint density at radius 1 is 1.37 bits per heavy atom. The Morgan fingerprint density at radius 3 is 2.58 bits per heavy atom. The Hall–Kier alpha value is -1.49. The second kappa shape index (κ2) is 5.65. The second-order valence-electron chi connectivity index (χ2n) is 4.90. The zero-order chi connectivity index (χ0) is 13.9. The summed E-state index contributed by atoms with van der Waals surface area (Å²) in [6, 6.07) is 7.68. The van der Waals surface area contributed by atoms with Crippen LogP contribution in [0, 0.1) is 6.92 Å². The molecule has 0 unspecified atom stereocenters. The van der Waals surface area contributed by atoms with Crippen molar-refractivity contribution in [3.63, 3.8) is 0 Å². The topological polar surface area (TPSA) is 66.4 Å². The molecular weight excluding hydrogens is 262 g/mol. The summed E-state index contributed by atoms with van der Waals surface area (Å²) >= 11 is 1.56. The molecule has 0 saturated carbocycles. The predicted octanol–water partition coefficient (Wildman–Crippen LogP) is 1.61. The van der Waals surface area contributed by atoms with Crippen LogP contribution in [-0.4, -0.2) is 34.0 Å². The first-order valence-electron chi connectivity index (χ1n) is 6.19. The molecule has 2 N–H and O–H groups in total. The van der Waals surface area contributed by atoms with Crippen LogP contribution in [0.25, 0.3) is 0 Å². The molecule has 1 aromatic rings. The van der Waals surface area contributed by atoms with Crippen molar-refractivity contribution in [2.24, 2.45) is 0 Å². The molecule has 102 valence electrons. The van der Waals surface area contributed by atoms with Gasteiger partial charge in [-0.2, -0.15) is 11.8 Å².